The molecule has 1 atom stereocenters. The number of halogens is 1. The van der Waals surface area contributed by atoms with Crippen LogP contribution in [0.25, 0.3) is 0 Å². The quantitative estimate of drug-likeness (QED) is 0.885. The van der Waals surface area contributed by atoms with Gasteiger partial charge in [-0.25, -0.2) is 0 Å². The van der Waals surface area contributed by atoms with E-state index in [4.69, 9.17) is 11.6 Å². The summed E-state index contributed by atoms with van der Waals surface area (Å²) in [6.07, 6.45) is 3.85. The van der Waals surface area contributed by atoms with Gasteiger partial charge in [-0.05, 0) is 19.1 Å². The number of hydrogen-bond donors (Lipinski definition) is 1. The molecule has 4 heteroatoms. The number of para-hydroxylation sites is 1. The van der Waals surface area contributed by atoms with E-state index < -0.39 is 0 Å². The van der Waals surface area contributed by atoms with E-state index in [0.717, 1.165) is 16.3 Å². The molecule has 0 aliphatic heterocycles. The first-order valence-corrected chi connectivity index (χ1v) is 5.54. The van der Waals surface area contributed by atoms with E-state index in [1.54, 1.807) is 4.68 Å². The van der Waals surface area contributed by atoms with Gasteiger partial charge in [0.2, 0.25) is 0 Å². The number of anilines is 1. The molecule has 0 aliphatic carbocycles. The van der Waals surface area contributed by atoms with Gasteiger partial charge in [0.1, 0.15) is 0 Å². The van der Waals surface area contributed by atoms with Gasteiger partial charge in [0.25, 0.3) is 0 Å². The van der Waals surface area contributed by atoms with Crippen molar-refractivity contribution < 1.29 is 0 Å². The van der Waals surface area contributed by atoms with Gasteiger partial charge >= 0.3 is 0 Å². The summed E-state index contributed by atoms with van der Waals surface area (Å²) < 4.78 is 1.79. The van der Waals surface area contributed by atoms with Gasteiger partial charge in [-0.1, -0.05) is 23.7 Å². The third-order valence-electron chi connectivity index (χ3n) is 2.47. The summed E-state index contributed by atoms with van der Waals surface area (Å²) in [5.74, 6) is 0. The summed E-state index contributed by atoms with van der Waals surface area (Å²) in [6, 6.07) is 7.91. The summed E-state index contributed by atoms with van der Waals surface area (Å²) in [5.41, 5.74) is 2.09. The van der Waals surface area contributed by atoms with Gasteiger partial charge < -0.3 is 5.32 Å². The van der Waals surface area contributed by atoms with Gasteiger partial charge in [-0.15, -0.1) is 0 Å². The average molecular weight is 236 g/mol. The maximum Gasteiger partial charge on any atom is 0.0637 e. The summed E-state index contributed by atoms with van der Waals surface area (Å²) in [5, 5.41) is 8.23. The molecule has 84 valence electrons. The van der Waals surface area contributed by atoms with Crippen LogP contribution in [0.2, 0.25) is 5.02 Å². The Bertz CT molecular complexity index is 479. The third kappa shape index (κ3) is 2.36. The highest BCUT2D eigenvalue weighted by Crippen LogP contribution is 2.25. The van der Waals surface area contributed by atoms with Crippen LogP contribution < -0.4 is 5.32 Å². The van der Waals surface area contributed by atoms with Crippen LogP contribution in [0.15, 0.2) is 36.7 Å². The van der Waals surface area contributed by atoms with Crippen LogP contribution in [0.4, 0.5) is 5.69 Å². The first-order chi connectivity index (χ1) is 7.66. The second-order valence-electron chi connectivity index (χ2n) is 3.79. The largest absolute Gasteiger partial charge is 0.377 e. The van der Waals surface area contributed by atoms with Crippen LogP contribution in [-0.4, -0.2) is 9.78 Å². The van der Waals surface area contributed by atoms with Crippen molar-refractivity contribution in [3.8, 4) is 0 Å². The molecule has 1 heterocycles. The zero-order chi connectivity index (χ0) is 11.5. The van der Waals surface area contributed by atoms with Crippen molar-refractivity contribution in [3.05, 3.63) is 47.2 Å². The molecule has 1 unspecified atom stereocenters. The lowest BCUT2D eigenvalue weighted by Crippen LogP contribution is -2.06. The van der Waals surface area contributed by atoms with E-state index in [2.05, 4.69) is 17.3 Å². The SMILES string of the molecule is CC(Nc1ccccc1Cl)c1cnn(C)c1. The summed E-state index contributed by atoms with van der Waals surface area (Å²) in [6.45, 7) is 2.08. The lowest BCUT2D eigenvalue weighted by molar-refractivity contribution is 0.765. The standard InChI is InChI=1S/C12H14ClN3/c1-9(10-7-14-16(2)8-10)15-12-6-4-3-5-11(12)13/h3-9,15H,1-2H3. The maximum absolute atomic E-state index is 6.08. The molecule has 16 heavy (non-hydrogen) atoms. The van der Waals surface area contributed by atoms with Crippen LogP contribution in [0, 0.1) is 0 Å². The van der Waals surface area contributed by atoms with Crippen molar-refractivity contribution in [1.29, 1.82) is 0 Å². The van der Waals surface area contributed by atoms with Crippen molar-refractivity contribution in [2.24, 2.45) is 7.05 Å². The number of nitrogens with one attached hydrogen (secondary N) is 1. The second-order valence-corrected chi connectivity index (χ2v) is 4.20. The van der Waals surface area contributed by atoms with E-state index in [1.165, 1.54) is 0 Å². The zero-order valence-electron chi connectivity index (χ0n) is 9.31. The Morgan fingerprint density at radius 2 is 2.12 bits per heavy atom. The molecule has 1 aromatic carbocycles. The first-order valence-electron chi connectivity index (χ1n) is 5.16. The van der Waals surface area contributed by atoms with Gasteiger partial charge in [-0.3, -0.25) is 4.68 Å². The zero-order valence-corrected chi connectivity index (χ0v) is 10.1. The highest BCUT2D eigenvalue weighted by Gasteiger charge is 2.08. The molecule has 0 spiro atoms. The highest BCUT2D eigenvalue weighted by molar-refractivity contribution is 6.33. The Morgan fingerprint density at radius 3 is 2.75 bits per heavy atom. The molecule has 0 bridgehead atoms. The van der Waals surface area contributed by atoms with Gasteiger partial charge in [-0.2, -0.15) is 5.10 Å². The minimum Gasteiger partial charge on any atom is -0.377 e. The van der Waals surface area contributed by atoms with Crippen molar-refractivity contribution in [3.63, 3.8) is 0 Å². The number of benzene rings is 1. The Labute approximate surface area is 100 Å². The van der Waals surface area contributed by atoms with E-state index in [-0.39, 0.29) is 6.04 Å². The molecule has 0 aliphatic rings. The fraction of sp³-hybridized carbons (Fsp3) is 0.250. The van der Waals surface area contributed by atoms with E-state index >= 15 is 0 Å². The topological polar surface area (TPSA) is 29.9 Å². The van der Waals surface area contributed by atoms with E-state index in [0.29, 0.717) is 0 Å². The average Bonchev–Trinajstić information content (AvgIpc) is 2.68. The predicted molar refractivity (Wildman–Crippen MR) is 66.7 cm³/mol. The molecule has 1 N–H and O–H groups in total. The third-order valence-corrected chi connectivity index (χ3v) is 2.80. The number of hydrogen-bond acceptors (Lipinski definition) is 2. The minimum atomic E-state index is 0.189. The van der Waals surface area contributed by atoms with Crippen molar-refractivity contribution in [2.45, 2.75) is 13.0 Å². The molecule has 1 aromatic heterocycles. The molecular weight excluding hydrogens is 222 g/mol. The fourth-order valence-corrected chi connectivity index (χ4v) is 1.75. The number of rotatable bonds is 3. The summed E-state index contributed by atoms with van der Waals surface area (Å²) in [4.78, 5) is 0. The Hall–Kier alpha value is -1.48. The molecular formula is C12H14ClN3. The smallest absolute Gasteiger partial charge is 0.0637 e. The molecule has 2 aromatic rings. The van der Waals surface area contributed by atoms with E-state index in [9.17, 15) is 0 Å². The molecule has 2 rings (SSSR count). The number of nitrogens with zero attached hydrogens (tertiary/aromatic N) is 2. The minimum absolute atomic E-state index is 0.189. The van der Waals surface area contributed by atoms with Crippen molar-refractivity contribution >= 4 is 17.3 Å². The predicted octanol–water partition coefficient (Wildman–Crippen LogP) is 3.25. The fourth-order valence-electron chi connectivity index (χ4n) is 1.56. The lowest BCUT2D eigenvalue weighted by atomic mass is 10.2. The normalized spacial score (nSPS) is 12.4. The monoisotopic (exact) mass is 235 g/mol. The Kier molecular flexibility index (Phi) is 3.15. The molecule has 3 nitrogen and oxygen atoms in total. The van der Waals surface area contributed by atoms with Crippen molar-refractivity contribution in [1.82, 2.24) is 9.78 Å². The number of aromatic nitrogens is 2. The first kappa shape index (κ1) is 11.0. The van der Waals surface area contributed by atoms with Crippen LogP contribution in [-0.2, 0) is 7.05 Å². The lowest BCUT2D eigenvalue weighted by Gasteiger charge is -2.14. The van der Waals surface area contributed by atoms with Crippen LogP contribution in [0.3, 0.4) is 0 Å². The molecule has 0 fully saturated rings. The Morgan fingerprint density at radius 1 is 1.38 bits per heavy atom. The second kappa shape index (κ2) is 4.58. The molecule has 0 saturated carbocycles. The van der Waals surface area contributed by atoms with Gasteiger partial charge in [0.05, 0.1) is 22.9 Å². The number of aryl methyl sites for hydroxylation is 1. The molecule has 0 radical (unpaired) electrons. The molecule has 0 saturated heterocycles. The summed E-state index contributed by atoms with van der Waals surface area (Å²) in [7, 11) is 1.91. The van der Waals surface area contributed by atoms with Crippen LogP contribution in [0.5, 0.6) is 0 Å². The van der Waals surface area contributed by atoms with Gasteiger partial charge in [0, 0.05) is 18.8 Å². The highest BCUT2D eigenvalue weighted by atomic mass is 35.5. The van der Waals surface area contributed by atoms with E-state index in [1.807, 2.05) is 43.7 Å². The Balaban J connectivity index is 2.13. The van der Waals surface area contributed by atoms with Crippen LogP contribution >= 0.6 is 11.6 Å². The van der Waals surface area contributed by atoms with Crippen molar-refractivity contribution in [2.75, 3.05) is 5.32 Å². The maximum atomic E-state index is 6.08. The van der Waals surface area contributed by atoms with Gasteiger partial charge in [0.15, 0.2) is 0 Å². The molecule has 0 amide bonds. The summed E-state index contributed by atoms with van der Waals surface area (Å²) >= 11 is 6.08. The van der Waals surface area contributed by atoms with Crippen LogP contribution in [0.1, 0.15) is 18.5 Å².